The van der Waals surface area contributed by atoms with Gasteiger partial charge in [-0.25, -0.2) is 4.79 Å². The first-order chi connectivity index (χ1) is 9.97. The number of hydrogen-bond acceptors (Lipinski definition) is 3. The zero-order valence-electron chi connectivity index (χ0n) is 13.0. The van der Waals surface area contributed by atoms with E-state index in [4.69, 9.17) is 16.3 Å². The monoisotopic (exact) mass is 309 g/mol. The van der Waals surface area contributed by atoms with Crippen LogP contribution < -0.4 is 0 Å². The van der Waals surface area contributed by atoms with Gasteiger partial charge in [-0.3, -0.25) is 4.90 Å². The molecule has 0 bridgehead atoms. The number of carbonyl (C=O) groups is 1. The van der Waals surface area contributed by atoms with Crippen LogP contribution in [-0.2, 0) is 4.74 Å². The largest absolute Gasteiger partial charge is 0.458 e. The zero-order chi connectivity index (χ0) is 15.4. The van der Waals surface area contributed by atoms with Crippen LogP contribution in [0.4, 0.5) is 0 Å². The molecule has 21 heavy (non-hydrogen) atoms. The van der Waals surface area contributed by atoms with Crippen molar-refractivity contribution in [3.63, 3.8) is 0 Å². The van der Waals surface area contributed by atoms with Crippen LogP contribution in [0.15, 0.2) is 24.3 Å². The fourth-order valence-electron chi connectivity index (χ4n) is 3.01. The highest BCUT2D eigenvalue weighted by Crippen LogP contribution is 2.23. The predicted octanol–water partition coefficient (Wildman–Crippen LogP) is 4.15. The fourth-order valence-corrected chi connectivity index (χ4v) is 3.13. The number of esters is 1. The Morgan fingerprint density at radius 2 is 1.86 bits per heavy atom. The van der Waals surface area contributed by atoms with E-state index in [0.717, 1.165) is 6.54 Å². The summed E-state index contributed by atoms with van der Waals surface area (Å²) in [5.74, 6) is -0.281. The second-order valence-electron chi connectivity index (χ2n) is 6.05. The van der Waals surface area contributed by atoms with Crippen LogP contribution in [0.3, 0.4) is 0 Å². The van der Waals surface area contributed by atoms with Gasteiger partial charge in [0.1, 0.15) is 6.10 Å². The number of halogens is 1. The molecule has 1 fully saturated rings. The summed E-state index contributed by atoms with van der Waals surface area (Å²) >= 11 is 5.82. The summed E-state index contributed by atoms with van der Waals surface area (Å²) in [7, 11) is 0. The summed E-state index contributed by atoms with van der Waals surface area (Å²) in [5, 5.41) is 0.621. The first-order valence-electron chi connectivity index (χ1n) is 7.69. The van der Waals surface area contributed by atoms with Crippen LogP contribution in [0, 0.1) is 0 Å². The van der Waals surface area contributed by atoms with Crippen molar-refractivity contribution in [2.24, 2.45) is 0 Å². The molecule has 0 saturated carbocycles. The Bertz CT molecular complexity index is 464. The van der Waals surface area contributed by atoms with Gasteiger partial charge in [-0.05, 0) is 57.9 Å². The molecule has 1 aliphatic rings. The number of benzene rings is 1. The van der Waals surface area contributed by atoms with Crippen molar-refractivity contribution in [3.8, 4) is 0 Å². The van der Waals surface area contributed by atoms with Crippen molar-refractivity contribution >= 4 is 17.6 Å². The Morgan fingerprint density at radius 3 is 2.43 bits per heavy atom. The van der Waals surface area contributed by atoms with E-state index in [1.54, 1.807) is 24.3 Å². The minimum Gasteiger partial charge on any atom is -0.458 e. The third kappa shape index (κ3) is 4.45. The van der Waals surface area contributed by atoms with Gasteiger partial charge in [-0.15, -0.1) is 0 Å². The highest BCUT2D eigenvalue weighted by Gasteiger charge is 2.26. The number of ether oxygens (including phenoxy) is 1. The maximum atomic E-state index is 12.1. The molecule has 0 aromatic heterocycles. The molecular weight excluding hydrogens is 286 g/mol. The third-order valence-corrected chi connectivity index (χ3v) is 4.48. The highest BCUT2D eigenvalue weighted by molar-refractivity contribution is 6.30. The van der Waals surface area contributed by atoms with Gasteiger partial charge in [0.15, 0.2) is 0 Å². The Hall–Kier alpha value is -1.06. The standard InChI is InChI=1S/C17H24ClNO2/c1-12-5-4-6-13(2)19(12)11-14(3)21-17(20)15-7-9-16(18)10-8-15/h7-10,12-14H,4-6,11H2,1-3H3/t12-,13+,14-/m0/s1. The number of piperidine rings is 1. The summed E-state index contributed by atoms with van der Waals surface area (Å²) in [6.07, 6.45) is 3.62. The van der Waals surface area contributed by atoms with Gasteiger partial charge in [0.2, 0.25) is 0 Å². The van der Waals surface area contributed by atoms with Crippen LogP contribution in [0.1, 0.15) is 50.4 Å². The Labute approximate surface area is 132 Å². The summed E-state index contributed by atoms with van der Waals surface area (Å²) < 4.78 is 5.55. The topological polar surface area (TPSA) is 29.5 Å². The van der Waals surface area contributed by atoms with Crippen molar-refractivity contribution in [2.45, 2.75) is 58.2 Å². The maximum Gasteiger partial charge on any atom is 0.338 e. The number of likely N-dealkylation sites (tertiary alicyclic amines) is 1. The Kier molecular flexibility index (Phi) is 5.65. The first-order valence-corrected chi connectivity index (χ1v) is 8.07. The van der Waals surface area contributed by atoms with Crippen LogP contribution in [0.5, 0.6) is 0 Å². The molecule has 1 aromatic rings. The lowest BCUT2D eigenvalue weighted by molar-refractivity contribution is 0.00812. The van der Waals surface area contributed by atoms with E-state index < -0.39 is 0 Å². The average molecular weight is 310 g/mol. The van der Waals surface area contributed by atoms with Gasteiger partial charge >= 0.3 is 5.97 Å². The molecule has 0 aliphatic carbocycles. The van der Waals surface area contributed by atoms with Crippen LogP contribution in [0.2, 0.25) is 5.02 Å². The minimum absolute atomic E-state index is 0.115. The fraction of sp³-hybridized carbons (Fsp3) is 0.588. The normalized spacial score (nSPS) is 24.6. The lowest BCUT2D eigenvalue weighted by Gasteiger charge is -2.40. The van der Waals surface area contributed by atoms with Crippen molar-refractivity contribution < 1.29 is 9.53 Å². The Balaban J connectivity index is 1.90. The first kappa shape index (κ1) is 16.3. The number of carbonyl (C=O) groups excluding carboxylic acids is 1. The van der Waals surface area contributed by atoms with E-state index >= 15 is 0 Å². The molecule has 0 amide bonds. The predicted molar refractivity (Wildman–Crippen MR) is 85.8 cm³/mol. The van der Waals surface area contributed by atoms with E-state index in [1.807, 2.05) is 6.92 Å². The van der Waals surface area contributed by atoms with Gasteiger partial charge in [-0.1, -0.05) is 18.0 Å². The molecule has 0 N–H and O–H groups in total. The van der Waals surface area contributed by atoms with Gasteiger partial charge in [0.25, 0.3) is 0 Å². The van der Waals surface area contributed by atoms with Crippen LogP contribution >= 0.6 is 11.6 Å². The summed E-state index contributed by atoms with van der Waals surface area (Å²) in [6, 6.07) is 7.93. The van der Waals surface area contributed by atoms with E-state index in [2.05, 4.69) is 18.7 Å². The molecular formula is C17H24ClNO2. The van der Waals surface area contributed by atoms with Gasteiger partial charge in [-0.2, -0.15) is 0 Å². The molecule has 1 heterocycles. The molecule has 3 nitrogen and oxygen atoms in total. The molecule has 1 aromatic carbocycles. The highest BCUT2D eigenvalue weighted by atomic mass is 35.5. The molecule has 0 radical (unpaired) electrons. The molecule has 2 rings (SSSR count). The summed E-state index contributed by atoms with van der Waals surface area (Å²) in [4.78, 5) is 14.5. The zero-order valence-corrected chi connectivity index (χ0v) is 13.8. The van der Waals surface area contributed by atoms with Crippen molar-refractivity contribution in [1.82, 2.24) is 4.90 Å². The number of nitrogens with zero attached hydrogens (tertiary/aromatic N) is 1. The van der Waals surface area contributed by atoms with Crippen molar-refractivity contribution in [2.75, 3.05) is 6.54 Å². The molecule has 3 atom stereocenters. The number of rotatable bonds is 4. The van der Waals surface area contributed by atoms with Crippen molar-refractivity contribution in [1.29, 1.82) is 0 Å². The Morgan fingerprint density at radius 1 is 1.29 bits per heavy atom. The van der Waals surface area contributed by atoms with E-state index in [-0.39, 0.29) is 12.1 Å². The van der Waals surface area contributed by atoms with Gasteiger partial charge in [0, 0.05) is 23.7 Å². The quantitative estimate of drug-likeness (QED) is 0.783. The average Bonchev–Trinajstić information content (AvgIpc) is 2.43. The molecule has 0 unspecified atom stereocenters. The van der Waals surface area contributed by atoms with E-state index in [1.165, 1.54) is 19.3 Å². The second kappa shape index (κ2) is 7.28. The van der Waals surface area contributed by atoms with E-state index in [9.17, 15) is 4.79 Å². The van der Waals surface area contributed by atoms with Crippen LogP contribution in [0.25, 0.3) is 0 Å². The molecule has 1 saturated heterocycles. The van der Waals surface area contributed by atoms with Crippen molar-refractivity contribution in [3.05, 3.63) is 34.9 Å². The lowest BCUT2D eigenvalue weighted by Crippen LogP contribution is -2.47. The van der Waals surface area contributed by atoms with Crippen LogP contribution in [-0.4, -0.2) is 35.6 Å². The lowest BCUT2D eigenvalue weighted by atomic mass is 9.97. The van der Waals surface area contributed by atoms with E-state index in [0.29, 0.717) is 22.7 Å². The SMILES string of the molecule is C[C@@H]1CCC[C@H](C)N1C[C@H](C)OC(=O)c1ccc(Cl)cc1. The van der Waals surface area contributed by atoms with Gasteiger partial charge in [0.05, 0.1) is 5.56 Å². The maximum absolute atomic E-state index is 12.1. The molecule has 1 aliphatic heterocycles. The second-order valence-corrected chi connectivity index (χ2v) is 6.48. The molecule has 116 valence electrons. The third-order valence-electron chi connectivity index (χ3n) is 4.23. The number of hydrogen-bond donors (Lipinski definition) is 0. The minimum atomic E-state index is -0.281. The summed E-state index contributed by atoms with van der Waals surface area (Å²) in [5.41, 5.74) is 0.547. The van der Waals surface area contributed by atoms with Gasteiger partial charge < -0.3 is 4.74 Å². The smallest absolute Gasteiger partial charge is 0.338 e. The molecule has 0 spiro atoms. The summed E-state index contributed by atoms with van der Waals surface area (Å²) in [6.45, 7) is 7.26. The molecule has 4 heteroatoms.